The lowest BCUT2D eigenvalue weighted by molar-refractivity contribution is 0.0342. The van der Waals surface area contributed by atoms with Crippen LogP contribution in [0.5, 0.6) is 0 Å². The molecule has 0 saturated carbocycles. The van der Waals surface area contributed by atoms with Crippen LogP contribution >= 0.6 is 0 Å². The molecule has 2 fully saturated rings. The minimum absolute atomic E-state index is 0.133. The van der Waals surface area contributed by atoms with E-state index in [1.807, 2.05) is 17.0 Å². The molecule has 3 rings (SSSR count). The Morgan fingerprint density at radius 2 is 1.91 bits per heavy atom. The van der Waals surface area contributed by atoms with Crippen molar-refractivity contribution in [3.05, 3.63) is 35.4 Å². The number of nitrogens with two attached hydrogens (primary N) is 1. The van der Waals surface area contributed by atoms with E-state index in [0.29, 0.717) is 12.5 Å². The van der Waals surface area contributed by atoms with Gasteiger partial charge < -0.3 is 15.4 Å². The lowest BCUT2D eigenvalue weighted by Gasteiger charge is -2.26. The van der Waals surface area contributed by atoms with Gasteiger partial charge in [-0.3, -0.25) is 9.69 Å². The smallest absolute Gasteiger partial charge is 0.253 e. The average molecular weight is 303 g/mol. The number of likely N-dealkylation sites (tertiary alicyclic amines) is 1. The third-order valence-electron chi connectivity index (χ3n) is 4.62. The molecular weight excluding hydrogens is 278 g/mol. The third kappa shape index (κ3) is 3.66. The maximum absolute atomic E-state index is 12.5. The van der Waals surface area contributed by atoms with E-state index in [2.05, 4.69) is 17.0 Å². The lowest BCUT2D eigenvalue weighted by Crippen LogP contribution is -2.35. The first-order valence-corrected chi connectivity index (χ1v) is 8.14. The normalized spacial score (nSPS) is 23.0. The van der Waals surface area contributed by atoms with E-state index in [-0.39, 0.29) is 5.91 Å². The summed E-state index contributed by atoms with van der Waals surface area (Å²) in [6, 6.07) is 8.04. The second-order valence-electron chi connectivity index (χ2n) is 6.23. The van der Waals surface area contributed by atoms with E-state index in [9.17, 15) is 4.79 Å². The second kappa shape index (κ2) is 7.22. The molecule has 0 spiro atoms. The molecule has 1 aromatic carbocycles. The molecule has 22 heavy (non-hydrogen) atoms. The average Bonchev–Trinajstić information content (AvgIpc) is 3.05. The van der Waals surface area contributed by atoms with E-state index in [1.54, 1.807) is 0 Å². The molecule has 2 aliphatic heterocycles. The van der Waals surface area contributed by atoms with Crippen LogP contribution in [-0.4, -0.2) is 61.6 Å². The molecule has 1 atom stereocenters. The number of morpholine rings is 1. The maximum Gasteiger partial charge on any atom is 0.253 e. The molecule has 0 unspecified atom stereocenters. The van der Waals surface area contributed by atoms with Crippen molar-refractivity contribution >= 4 is 5.91 Å². The highest BCUT2D eigenvalue weighted by Crippen LogP contribution is 2.18. The Balaban J connectivity index is 1.57. The first-order valence-electron chi connectivity index (χ1n) is 8.14. The summed E-state index contributed by atoms with van der Waals surface area (Å²) in [6.45, 7) is 6.81. The summed E-state index contributed by atoms with van der Waals surface area (Å²) in [6.07, 6.45) is 1.03. The number of carbonyl (C=O) groups excluding carboxylic acids is 1. The van der Waals surface area contributed by atoms with Gasteiger partial charge in [-0.15, -0.1) is 0 Å². The molecule has 0 aromatic heterocycles. The highest BCUT2D eigenvalue weighted by atomic mass is 16.5. The minimum atomic E-state index is 0.133. The van der Waals surface area contributed by atoms with Crippen LogP contribution in [0.3, 0.4) is 0 Å². The van der Waals surface area contributed by atoms with Gasteiger partial charge in [0.1, 0.15) is 0 Å². The van der Waals surface area contributed by atoms with Crippen LogP contribution in [-0.2, 0) is 11.3 Å². The number of amides is 1. The molecule has 0 bridgehead atoms. The van der Waals surface area contributed by atoms with Gasteiger partial charge in [-0.1, -0.05) is 12.1 Å². The number of ether oxygens (including phenoxy) is 1. The summed E-state index contributed by atoms with van der Waals surface area (Å²) in [5, 5.41) is 0. The summed E-state index contributed by atoms with van der Waals surface area (Å²) in [5.74, 6) is 0.596. The molecule has 1 amide bonds. The van der Waals surface area contributed by atoms with Crippen LogP contribution in [0.25, 0.3) is 0 Å². The number of nitrogens with zero attached hydrogens (tertiary/aromatic N) is 2. The monoisotopic (exact) mass is 303 g/mol. The van der Waals surface area contributed by atoms with Gasteiger partial charge >= 0.3 is 0 Å². The van der Waals surface area contributed by atoms with Gasteiger partial charge in [0, 0.05) is 38.3 Å². The lowest BCUT2D eigenvalue weighted by atomic mass is 10.1. The summed E-state index contributed by atoms with van der Waals surface area (Å²) < 4.78 is 5.36. The molecule has 2 N–H and O–H groups in total. The van der Waals surface area contributed by atoms with Crippen molar-refractivity contribution in [2.24, 2.45) is 11.7 Å². The highest BCUT2D eigenvalue weighted by molar-refractivity contribution is 5.94. The van der Waals surface area contributed by atoms with E-state index in [0.717, 1.165) is 57.9 Å². The largest absolute Gasteiger partial charge is 0.379 e. The van der Waals surface area contributed by atoms with Crippen molar-refractivity contribution in [2.75, 3.05) is 45.9 Å². The van der Waals surface area contributed by atoms with Crippen molar-refractivity contribution in [2.45, 2.75) is 13.0 Å². The standard InChI is InChI=1S/C17H25N3O2/c18-11-15-5-6-20(13-15)17(21)16-3-1-14(2-4-16)12-19-7-9-22-10-8-19/h1-4,15H,5-13,18H2/t15-/m0/s1. The van der Waals surface area contributed by atoms with Gasteiger partial charge in [0.25, 0.3) is 5.91 Å². The van der Waals surface area contributed by atoms with E-state index < -0.39 is 0 Å². The topological polar surface area (TPSA) is 58.8 Å². The molecule has 0 radical (unpaired) electrons. The molecule has 2 heterocycles. The van der Waals surface area contributed by atoms with Crippen molar-refractivity contribution in [1.82, 2.24) is 9.80 Å². The van der Waals surface area contributed by atoms with Crippen LogP contribution in [0.1, 0.15) is 22.3 Å². The molecule has 2 saturated heterocycles. The van der Waals surface area contributed by atoms with Gasteiger partial charge in [0.2, 0.25) is 0 Å². The van der Waals surface area contributed by atoms with Gasteiger partial charge in [-0.05, 0) is 36.6 Å². The first kappa shape index (κ1) is 15.5. The SMILES string of the molecule is NC[C@@H]1CCN(C(=O)c2ccc(CN3CCOCC3)cc2)C1. The number of carbonyl (C=O) groups is 1. The highest BCUT2D eigenvalue weighted by Gasteiger charge is 2.25. The zero-order chi connectivity index (χ0) is 15.4. The van der Waals surface area contributed by atoms with Crippen LogP contribution in [0.2, 0.25) is 0 Å². The first-order chi connectivity index (χ1) is 10.8. The van der Waals surface area contributed by atoms with Crippen molar-refractivity contribution in [3.63, 3.8) is 0 Å². The summed E-state index contributed by atoms with van der Waals surface area (Å²) in [4.78, 5) is 16.8. The van der Waals surface area contributed by atoms with E-state index >= 15 is 0 Å². The predicted molar refractivity (Wildman–Crippen MR) is 85.6 cm³/mol. The van der Waals surface area contributed by atoms with Crippen LogP contribution in [0.15, 0.2) is 24.3 Å². The fourth-order valence-electron chi connectivity index (χ4n) is 3.16. The Morgan fingerprint density at radius 3 is 2.55 bits per heavy atom. The fraction of sp³-hybridized carbons (Fsp3) is 0.588. The Labute approximate surface area is 132 Å². The quantitative estimate of drug-likeness (QED) is 0.899. The third-order valence-corrected chi connectivity index (χ3v) is 4.62. The molecule has 5 heteroatoms. The molecule has 2 aliphatic rings. The summed E-state index contributed by atoms with van der Waals surface area (Å²) in [7, 11) is 0. The predicted octanol–water partition coefficient (Wildman–Crippen LogP) is 0.940. The van der Waals surface area contributed by atoms with Gasteiger partial charge in [0.05, 0.1) is 13.2 Å². The van der Waals surface area contributed by atoms with E-state index in [1.165, 1.54) is 5.56 Å². The zero-order valence-electron chi connectivity index (χ0n) is 13.0. The molecule has 1 aromatic rings. The van der Waals surface area contributed by atoms with E-state index in [4.69, 9.17) is 10.5 Å². The minimum Gasteiger partial charge on any atom is -0.379 e. The Kier molecular flexibility index (Phi) is 5.08. The maximum atomic E-state index is 12.5. The van der Waals surface area contributed by atoms with Crippen LogP contribution < -0.4 is 5.73 Å². The van der Waals surface area contributed by atoms with Crippen LogP contribution in [0, 0.1) is 5.92 Å². The number of benzene rings is 1. The number of rotatable bonds is 4. The number of hydrogen-bond donors (Lipinski definition) is 1. The molecular formula is C17H25N3O2. The van der Waals surface area contributed by atoms with Gasteiger partial charge in [0.15, 0.2) is 0 Å². The Bertz CT molecular complexity index is 497. The van der Waals surface area contributed by atoms with Gasteiger partial charge in [-0.25, -0.2) is 0 Å². The Morgan fingerprint density at radius 1 is 1.18 bits per heavy atom. The Hall–Kier alpha value is -1.43. The fourth-order valence-corrected chi connectivity index (χ4v) is 3.16. The van der Waals surface area contributed by atoms with Crippen LogP contribution in [0.4, 0.5) is 0 Å². The van der Waals surface area contributed by atoms with Crippen molar-refractivity contribution in [1.29, 1.82) is 0 Å². The second-order valence-corrected chi connectivity index (χ2v) is 6.23. The zero-order valence-corrected chi connectivity index (χ0v) is 13.0. The van der Waals surface area contributed by atoms with Crippen molar-refractivity contribution in [3.8, 4) is 0 Å². The molecule has 120 valence electrons. The molecule has 5 nitrogen and oxygen atoms in total. The molecule has 0 aliphatic carbocycles. The summed E-state index contributed by atoms with van der Waals surface area (Å²) in [5.41, 5.74) is 7.72. The number of hydrogen-bond acceptors (Lipinski definition) is 4. The summed E-state index contributed by atoms with van der Waals surface area (Å²) >= 11 is 0. The van der Waals surface area contributed by atoms with Crippen molar-refractivity contribution < 1.29 is 9.53 Å². The van der Waals surface area contributed by atoms with Gasteiger partial charge in [-0.2, -0.15) is 0 Å².